The maximum atomic E-state index is 4.56. The Labute approximate surface area is 97.9 Å². The average molecular weight is 242 g/mol. The first-order valence-electron chi connectivity index (χ1n) is 4.26. The summed E-state index contributed by atoms with van der Waals surface area (Å²) in [6, 6.07) is 0. The quantitative estimate of drug-likeness (QED) is 0.485. The predicted molar refractivity (Wildman–Crippen MR) is 71.7 cm³/mol. The lowest BCUT2D eigenvalue weighted by molar-refractivity contribution is 0.475. The molecule has 0 aliphatic rings. The SMILES string of the molecule is SCCC(S)C(CCS)CCS. The Morgan fingerprint density at radius 2 is 1.17 bits per heavy atom. The van der Waals surface area contributed by atoms with E-state index in [9.17, 15) is 0 Å². The van der Waals surface area contributed by atoms with Crippen molar-refractivity contribution >= 4 is 50.5 Å². The topological polar surface area (TPSA) is 0 Å². The Kier molecular flexibility index (Phi) is 10.0. The molecule has 1 atom stereocenters. The molecule has 4 heteroatoms. The van der Waals surface area contributed by atoms with Crippen LogP contribution in [0.5, 0.6) is 0 Å². The van der Waals surface area contributed by atoms with Crippen LogP contribution in [0.15, 0.2) is 0 Å². The van der Waals surface area contributed by atoms with Gasteiger partial charge in [-0.15, -0.1) is 0 Å². The minimum Gasteiger partial charge on any atom is -0.179 e. The van der Waals surface area contributed by atoms with Crippen molar-refractivity contribution in [1.29, 1.82) is 0 Å². The van der Waals surface area contributed by atoms with Crippen LogP contribution in [-0.4, -0.2) is 22.5 Å². The summed E-state index contributed by atoms with van der Waals surface area (Å²) in [6.45, 7) is 0. The largest absolute Gasteiger partial charge is 0.179 e. The summed E-state index contributed by atoms with van der Waals surface area (Å²) in [7, 11) is 0. The van der Waals surface area contributed by atoms with Gasteiger partial charge in [-0.05, 0) is 42.4 Å². The van der Waals surface area contributed by atoms with Gasteiger partial charge >= 0.3 is 0 Å². The van der Waals surface area contributed by atoms with Gasteiger partial charge in [-0.1, -0.05) is 0 Å². The van der Waals surface area contributed by atoms with Crippen LogP contribution in [0.3, 0.4) is 0 Å². The van der Waals surface area contributed by atoms with Crippen LogP contribution in [0, 0.1) is 5.92 Å². The Balaban J connectivity index is 3.72. The van der Waals surface area contributed by atoms with Gasteiger partial charge in [0.05, 0.1) is 0 Å². The van der Waals surface area contributed by atoms with E-state index >= 15 is 0 Å². The molecule has 0 aliphatic carbocycles. The van der Waals surface area contributed by atoms with Gasteiger partial charge in [0.25, 0.3) is 0 Å². The highest BCUT2D eigenvalue weighted by Gasteiger charge is 2.15. The number of hydrogen-bond donors (Lipinski definition) is 4. The van der Waals surface area contributed by atoms with E-state index in [4.69, 9.17) is 0 Å². The summed E-state index contributed by atoms with van der Waals surface area (Å²) in [5.41, 5.74) is 0. The summed E-state index contributed by atoms with van der Waals surface area (Å²) >= 11 is 17.2. The van der Waals surface area contributed by atoms with Crippen molar-refractivity contribution in [2.75, 3.05) is 17.3 Å². The molecule has 0 spiro atoms. The van der Waals surface area contributed by atoms with Crippen LogP contribution >= 0.6 is 50.5 Å². The highest BCUT2D eigenvalue weighted by molar-refractivity contribution is 7.81. The zero-order valence-corrected chi connectivity index (χ0v) is 10.8. The third-order valence-electron chi connectivity index (χ3n) is 1.97. The predicted octanol–water partition coefficient (Wildman–Crippen LogP) is 2.86. The van der Waals surface area contributed by atoms with Crippen molar-refractivity contribution in [3.8, 4) is 0 Å². The first kappa shape index (κ1) is 13.4. The molecule has 0 heterocycles. The highest BCUT2D eigenvalue weighted by Crippen LogP contribution is 2.22. The van der Waals surface area contributed by atoms with E-state index in [2.05, 4.69) is 50.5 Å². The second-order valence-electron chi connectivity index (χ2n) is 2.86. The highest BCUT2D eigenvalue weighted by atomic mass is 32.1. The molecule has 0 rings (SSSR count). The van der Waals surface area contributed by atoms with E-state index in [-0.39, 0.29) is 0 Å². The van der Waals surface area contributed by atoms with Gasteiger partial charge in [-0.25, -0.2) is 0 Å². The zero-order chi connectivity index (χ0) is 9.40. The Bertz CT molecular complexity index is 91.1. The van der Waals surface area contributed by atoms with E-state index in [0.29, 0.717) is 11.2 Å². The second-order valence-corrected chi connectivity index (χ2v) is 4.87. The standard InChI is InChI=1S/C8H18S4/c9-4-1-7(2-5-10)8(12)3-6-11/h7-12H,1-6H2. The lowest BCUT2D eigenvalue weighted by Crippen LogP contribution is -2.17. The molecule has 0 saturated carbocycles. The molecule has 0 fully saturated rings. The van der Waals surface area contributed by atoms with Crippen molar-refractivity contribution in [3.63, 3.8) is 0 Å². The fourth-order valence-corrected chi connectivity index (χ4v) is 2.80. The third-order valence-corrected chi connectivity index (χ3v) is 3.42. The Hall–Kier alpha value is 1.40. The minimum atomic E-state index is 0.474. The summed E-state index contributed by atoms with van der Waals surface area (Å²) in [5.74, 6) is 3.48. The van der Waals surface area contributed by atoms with Gasteiger partial charge in [0.1, 0.15) is 0 Å². The summed E-state index contributed by atoms with van der Waals surface area (Å²) < 4.78 is 0. The van der Waals surface area contributed by atoms with Gasteiger partial charge in [0.15, 0.2) is 0 Å². The van der Waals surface area contributed by atoms with Crippen LogP contribution in [0.4, 0.5) is 0 Å². The lowest BCUT2D eigenvalue weighted by atomic mass is 9.97. The number of rotatable bonds is 7. The first-order valence-corrected chi connectivity index (χ1v) is 6.68. The fourth-order valence-electron chi connectivity index (χ4n) is 1.23. The molecular weight excluding hydrogens is 224 g/mol. The van der Waals surface area contributed by atoms with E-state index in [1.165, 1.54) is 0 Å². The van der Waals surface area contributed by atoms with Gasteiger partial charge in [-0.2, -0.15) is 50.5 Å². The second kappa shape index (κ2) is 8.97. The molecule has 0 amide bonds. The average Bonchev–Trinajstić information content (AvgIpc) is 2.04. The Morgan fingerprint density at radius 3 is 1.50 bits per heavy atom. The molecule has 0 nitrogen and oxygen atoms in total. The molecular formula is C8H18S4. The zero-order valence-electron chi connectivity index (χ0n) is 7.19. The molecule has 0 aromatic heterocycles. The van der Waals surface area contributed by atoms with E-state index in [1.54, 1.807) is 0 Å². The number of hydrogen-bond acceptors (Lipinski definition) is 4. The van der Waals surface area contributed by atoms with Gasteiger partial charge < -0.3 is 0 Å². The van der Waals surface area contributed by atoms with Gasteiger partial charge in [0.2, 0.25) is 0 Å². The van der Waals surface area contributed by atoms with Crippen LogP contribution in [-0.2, 0) is 0 Å². The lowest BCUT2D eigenvalue weighted by Gasteiger charge is -2.21. The molecule has 0 aromatic carbocycles. The van der Waals surface area contributed by atoms with Crippen molar-refractivity contribution in [3.05, 3.63) is 0 Å². The van der Waals surface area contributed by atoms with Crippen molar-refractivity contribution < 1.29 is 0 Å². The van der Waals surface area contributed by atoms with Crippen molar-refractivity contribution in [2.24, 2.45) is 5.92 Å². The molecule has 0 radical (unpaired) electrons. The van der Waals surface area contributed by atoms with Crippen molar-refractivity contribution in [2.45, 2.75) is 24.5 Å². The maximum absolute atomic E-state index is 4.56. The smallest absolute Gasteiger partial charge is 0.00534 e. The minimum absolute atomic E-state index is 0.474. The molecule has 0 aliphatic heterocycles. The number of thiol groups is 4. The van der Waals surface area contributed by atoms with E-state index < -0.39 is 0 Å². The monoisotopic (exact) mass is 242 g/mol. The fraction of sp³-hybridized carbons (Fsp3) is 1.00. The molecule has 0 saturated heterocycles. The first-order chi connectivity index (χ1) is 5.76. The molecule has 0 bridgehead atoms. The summed E-state index contributed by atoms with van der Waals surface area (Å²) in [6.07, 6.45) is 3.37. The molecule has 12 heavy (non-hydrogen) atoms. The van der Waals surface area contributed by atoms with E-state index in [0.717, 1.165) is 36.5 Å². The van der Waals surface area contributed by atoms with Crippen LogP contribution in [0.1, 0.15) is 19.3 Å². The van der Waals surface area contributed by atoms with E-state index in [1.807, 2.05) is 0 Å². The normalized spacial score (nSPS) is 13.8. The molecule has 74 valence electrons. The molecule has 1 unspecified atom stereocenters. The molecule has 0 N–H and O–H groups in total. The van der Waals surface area contributed by atoms with Crippen molar-refractivity contribution in [1.82, 2.24) is 0 Å². The Morgan fingerprint density at radius 1 is 0.750 bits per heavy atom. The van der Waals surface area contributed by atoms with Crippen LogP contribution < -0.4 is 0 Å². The summed E-state index contributed by atoms with van der Waals surface area (Å²) in [4.78, 5) is 0. The van der Waals surface area contributed by atoms with Crippen LogP contribution in [0.2, 0.25) is 0 Å². The molecule has 0 aromatic rings. The maximum Gasteiger partial charge on any atom is 0.00534 e. The summed E-state index contributed by atoms with van der Waals surface area (Å²) in [5, 5.41) is 0.474. The van der Waals surface area contributed by atoms with Gasteiger partial charge in [0, 0.05) is 5.25 Å². The van der Waals surface area contributed by atoms with Crippen LogP contribution in [0.25, 0.3) is 0 Å². The third kappa shape index (κ3) is 5.95. The van der Waals surface area contributed by atoms with Gasteiger partial charge in [-0.3, -0.25) is 0 Å².